The molecule has 0 spiro atoms. The van der Waals surface area contributed by atoms with Crippen molar-refractivity contribution in [2.24, 2.45) is 5.73 Å². The summed E-state index contributed by atoms with van der Waals surface area (Å²) in [6.45, 7) is 7.49. The molecule has 2 aromatic heterocycles. The van der Waals surface area contributed by atoms with E-state index in [0.717, 1.165) is 21.6 Å². The Bertz CT molecular complexity index is 1020. The van der Waals surface area contributed by atoms with Gasteiger partial charge < -0.3 is 15.6 Å². The third-order valence-corrected chi connectivity index (χ3v) is 5.41. The van der Waals surface area contributed by atoms with E-state index in [9.17, 15) is 9.59 Å². The normalized spacial score (nSPS) is 10.8. The lowest BCUT2D eigenvalue weighted by molar-refractivity contribution is 0.100. The summed E-state index contributed by atoms with van der Waals surface area (Å²) in [6.07, 6.45) is 0.570. The summed E-state index contributed by atoms with van der Waals surface area (Å²) < 4.78 is 5.13. The first kappa shape index (κ1) is 18.8. The van der Waals surface area contributed by atoms with Crippen LogP contribution in [0.3, 0.4) is 0 Å². The number of hydrogen-bond acceptors (Lipinski definition) is 5. The Morgan fingerprint density at radius 3 is 2.41 bits per heavy atom. The number of aromatic nitrogens is 1. The molecule has 6 nitrogen and oxygen atoms in total. The van der Waals surface area contributed by atoms with Gasteiger partial charge in [0.15, 0.2) is 0 Å². The largest absolute Gasteiger partial charge is 0.365 e. The first-order valence-electron chi connectivity index (χ1n) is 8.60. The number of primary amides is 1. The van der Waals surface area contributed by atoms with Crippen LogP contribution >= 0.6 is 11.3 Å². The van der Waals surface area contributed by atoms with Crippen molar-refractivity contribution in [2.45, 2.75) is 34.1 Å². The van der Waals surface area contributed by atoms with Crippen molar-refractivity contribution in [3.05, 3.63) is 57.3 Å². The molecule has 3 aromatic rings. The number of amides is 2. The van der Waals surface area contributed by atoms with Crippen molar-refractivity contribution in [2.75, 3.05) is 5.32 Å². The molecule has 0 fully saturated rings. The van der Waals surface area contributed by atoms with E-state index in [1.165, 1.54) is 11.3 Å². The summed E-state index contributed by atoms with van der Waals surface area (Å²) in [5, 5.41) is 7.17. The first-order valence-corrected chi connectivity index (χ1v) is 9.41. The second-order valence-corrected chi connectivity index (χ2v) is 7.56. The number of carbonyl (C=O) groups is 2. The van der Waals surface area contributed by atoms with Crippen LogP contribution in [0.1, 0.15) is 49.5 Å². The Balaban J connectivity index is 2.05. The van der Waals surface area contributed by atoms with Crippen molar-refractivity contribution >= 4 is 28.2 Å². The molecule has 0 bridgehead atoms. The molecular formula is C20H21N3O3S. The third-order valence-electron chi connectivity index (χ3n) is 4.39. The smallest absolute Gasteiger partial charge is 0.261 e. The van der Waals surface area contributed by atoms with E-state index in [-0.39, 0.29) is 5.91 Å². The van der Waals surface area contributed by atoms with Gasteiger partial charge in [0.2, 0.25) is 0 Å². The number of hydrogen-bond donors (Lipinski definition) is 2. The van der Waals surface area contributed by atoms with E-state index in [0.29, 0.717) is 34.0 Å². The van der Waals surface area contributed by atoms with Crippen LogP contribution in [0.5, 0.6) is 0 Å². The molecule has 27 heavy (non-hydrogen) atoms. The van der Waals surface area contributed by atoms with E-state index < -0.39 is 5.91 Å². The van der Waals surface area contributed by atoms with Crippen molar-refractivity contribution in [1.82, 2.24) is 5.16 Å². The van der Waals surface area contributed by atoms with Crippen LogP contribution in [0.25, 0.3) is 11.1 Å². The van der Waals surface area contributed by atoms with Gasteiger partial charge in [-0.05, 0) is 32.8 Å². The number of rotatable bonds is 5. The van der Waals surface area contributed by atoms with Gasteiger partial charge in [0.25, 0.3) is 11.8 Å². The Morgan fingerprint density at radius 2 is 1.81 bits per heavy atom. The second-order valence-electron chi connectivity index (χ2n) is 6.34. The summed E-state index contributed by atoms with van der Waals surface area (Å²) in [7, 11) is 0. The molecule has 2 heterocycles. The number of carbonyl (C=O) groups excluding carboxylic acids is 2. The van der Waals surface area contributed by atoms with Gasteiger partial charge in [0.1, 0.15) is 16.3 Å². The number of anilines is 1. The molecule has 1 aromatic carbocycles. The van der Waals surface area contributed by atoms with Crippen molar-refractivity contribution in [3.8, 4) is 11.1 Å². The molecule has 0 saturated heterocycles. The summed E-state index contributed by atoms with van der Waals surface area (Å²) in [6, 6.07) is 7.84. The maximum absolute atomic E-state index is 12.8. The lowest BCUT2D eigenvalue weighted by atomic mass is 10.00. The number of thiophene rings is 1. The Hall–Kier alpha value is -2.93. The summed E-state index contributed by atoms with van der Waals surface area (Å²) >= 11 is 1.33. The minimum Gasteiger partial charge on any atom is -0.365 e. The highest BCUT2D eigenvalue weighted by Gasteiger charge is 2.25. The number of aryl methyl sites for hydroxylation is 4. The fourth-order valence-electron chi connectivity index (χ4n) is 3.05. The molecule has 7 heteroatoms. The minimum atomic E-state index is -0.581. The molecule has 3 N–H and O–H groups in total. The fourth-order valence-corrected chi connectivity index (χ4v) is 4.13. The zero-order valence-corrected chi connectivity index (χ0v) is 16.5. The maximum Gasteiger partial charge on any atom is 0.261 e. The van der Waals surface area contributed by atoms with Gasteiger partial charge in [0, 0.05) is 10.4 Å². The van der Waals surface area contributed by atoms with E-state index in [1.54, 1.807) is 6.92 Å². The van der Waals surface area contributed by atoms with Gasteiger partial charge in [-0.2, -0.15) is 0 Å². The highest BCUT2D eigenvalue weighted by Crippen LogP contribution is 2.40. The van der Waals surface area contributed by atoms with Crippen LogP contribution in [-0.4, -0.2) is 17.0 Å². The molecule has 0 aliphatic heterocycles. The predicted molar refractivity (Wildman–Crippen MR) is 106 cm³/mol. The quantitative estimate of drug-likeness (QED) is 0.688. The molecule has 0 aliphatic carbocycles. The number of benzene rings is 1. The molecule has 3 rings (SSSR count). The molecule has 0 saturated carbocycles. The maximum atomic E-state index is 12.8. The SMILES string of the molecule is CCc1noc(C)c1C(=O)Nc1sc(C)c(-c2ccc(C)cc2)c1C(N)=O. The van der Waals surface area contributed by atoms with Gasteiger partial charge in [0.05, 0.1) is 11.3 Å². The summed E-state index contributed by atoms with van der Waals surface area (Å²) in [5.74, 6) is -0.496. The van der Waals surface area contributed by atoms with Gasteiger partial charge >= 0.3 is 0 Å². The van der Waals surface area contributed by atoms with Crippen LogP contribution in [0, 0.1) is 20.8 Å². The monoisotopic (exact) mass is 383 g/mol. The molecule has 0 atom stereocenters. The van der Waals surface area contributed by atoms with Crippen molar-refractivity contribution < 1.29 is 14.1 Å². The Labute approximate surface area is 161 Å². The van der Waals surface area contributed by atoms with Crippen LogP contribution in [0.2, 0.25) is 0 Å². The molecular weight excluding hydrogens is 362 g/mol. The average molecular weight is 383 g/mol. The number of nitrogens with one attached hydrogen (secondary N) is 1. The lowest BCUT2D eigenvalue weighted by Crippen LogP contribution is -2.18. The van der Waals surface area contributed by atoms with E-state index in [1.807, 2.05) is 45.0 Å². The third kappa shape index (κ3) is 3.50. The summed E-state index contributed by atoms with van der Waals surface area (Å²) in [5.41, 5.74) is 9.72. The van der Waals surface area contributed by atoms with E-state index in [4.69, 9.17) is 10.3 Å². The second kappa shape index (κ2) is 7.36. The molecule has 140 valence electrons. The van der Waals surface area contributed by atoms with E-state index >= 15 is 0 Å². The predicted octanol–water partition coefficient (Wildman–Crippen LogP) is 4.24. The first-order chi connectivity index (χ1) is 12.8. The fraction of sp³-hybridized carbons (Fsp3) is 0.250. The van der Waals surface area contributed by atoms with Gasteiger partial charge in [-0.1, -0.05) is 41.9 Å². The minimum absolute atomic E-state index is 0.321. The zero-order chi connectivity index (χ0) is 19.7. The van der Waals surface area contributed by atoms with Crippen molar-refractivity contribution in [1.29, 1.82) is 0 Å². The van der Waals surface area contributed by atoms with E-state index in [2.05, 4.69) is 10.5 Å². The average Bonchev–Trinajstić information content (AvgIpc) is 3.15. The zero-order valence-electron chi connectivity index (χ0n) is 15.7. The molecule has 0 aliphatic rings. The highest BCUT2D eigenvalue weighted by molar-refractivity contribution is 7.17. The van der Waals surface area contributed by atoms with Crippen LogP contribution in [0.4, 0.5) is 5.00 Å². The number of nitrogens with zero attached hydrogens (tertiary/aromatic N) is 1. The van der Waals surface area contributed by atoms with Gasteiger partial charge in [-0.3, -0.25) is 9.59 Å². The highest BCUT2D eigenvalue weighted by atomic mass is 32.1. The van der Waals surface area contributed by atoms with Gasteiger partial charge in [-0.25, -0.2) is 0 Å². The topological polar surface area (TPSA) is 98.2 Å². The Morgan fingerprint density at radius 1 is 1.15 bits per heavy atom. The van der Waals surface area contributed by atoms with Gasteiger partial charge in [-0.15, -0.1) is 11.3 Å². The lowest BCUT2D eigenvalue weighted by Gasteiger charge is -2.07. The van der Waals surface area contributed by atoms with Crippen LogP contribution in [-0.2, 0) is 6.42 Å². The van der Waals surface area contributed by atoms with Crippen LogP contribution in [0.15, 0.2) is 28.8 Å². The standard InChI is InChI=1S/C20H21N3O3S/c1-5-14-15(11(3)26-23-14)19(25)22-20-17(18(21)24)16(12(4)27-20)13-8-6-10(2)7-9-13/h6-9H,5H2,1-4H3,(H2,21,24)(H,22,25). The Kier molecular flexibility index (Phi) is 5.14. The number of nitrogens with two attached hydrogens (primary N) is 1. The molecule has 0 radical (unpaired) electrons. The molecule has 2 amide bonds. The summed E-state index contributed by atoms with van der Waals surface area (Å²) in [4.78, 5) is 25.9. The van der Waals surface area contributed by atoms with Crippen LogP contribution < -0.4 is 11.1 Å². The van der Waals surface area contributed by atoms with Crippen molar-refractivity contribution in [3.63, 3.8) is 0 Å². The molecule has 0 unspecified atom stereocenters.